The van der Waals surface area contributed by atoms with E-state index < -0.39 is 4.92 Å². The number of hydrogen-bond acceptors (Lipinski definition) is 4. The van der Waals surface area contributed by atoms with Crippen molar-refractivity contribution >= 4 is 5.69 Å². The summed E-state index contributed by atoms with van der Waals surface area (Å²) in [5, 5.41) is 10.4. The molecule has 15 heavy (non-hydrogen) atoms. The summed E-state index contributed by atoms with van der Waals surface area (Å²) in [5.74, 6) is 0.487. The highest BCUT2D eigenvalue weighted by Crippen LogP contribution is 2.15. The number of nitro groups is 1. The molecule has 0 saturated carbocycles. The van der Waals surface area contributed by atoms with Gasteiger partial charge < -0.3 is 0 Å². The lowest BCUT2D eigenvalue weighted by atomic mass is 10.2. The molecule has 2 rings (SSSR count). The molecule has 0 amide bonds. The Kier molecular flexibility index (Phi) is 2.37. The molecule has 0 spiro atoms. The Labute approximate surface area is 85.6 Å². The van der Waals surface area contributed by atoms with Crippen molar-refractivity contribution in [3.8, 4) is 11.4 Å². The fraction of sp³-hybridized carbons (Fsp3) is 0. The maximum atomic E-state index is 10.4. The molecular formula is C10H7N3O2. The van der Waals surface area contributed by atoms with Gasteiger partial charge in [-0.3, -0.25) is 10.1 Å². The maximum absolute atomic E-state index is 10.4. The number of nitrogens with zero attached hydrogens (tertiary/aromatic N) is 3. The van der Waals surface area contributed by atoms with E-state index in [2.05, 4.69) is 9.97 Å². The van der Waals surface area contributed by atoms with Gasteiger partial charge in [-0.25, -0.2) is 9.97 Å². The Bertz CT molecular complexity index is 468. The van der Waals surface area contributed by atoms with Crippen LogP contribution in [0.2, 0.25) is 0 Å². The highest BCUT2D eigenvalue weighted by molar-refractivity contribution is 5.54. The molecule has 1 aromatic carbocycles. The van der Waals surface area contributed by atoms with Crippen LogP contribution in [0.1, 0.15) is 0 Å². The number of aromatic nitrogens is 2. The zero-order chi connectivity index (χ0) is 10.7. The van der Waals surface area contributed by atoms with Gasteiger partial charge in [0.25, 0.3) is 0 Å². The third-order valence-corrected chi connectivity index (χ3v) is 1.88. The smallest absolute Gasteiger partial charge is 0.258 e. The summed E-state index contributed by atoms with van der Waals surface area (Å²) in [6.45, 7) is 0. The second kappa shape index (κ2) is 3.83. The van der Waals surface area contributed by atoms with Crippen molar-refractivity contribution in [3.63, 3.8) is 0 Å². The Morgan fingerprint density at radius 3 is 2.20 bits per heavy atom. The van der Waals surface area contributed by atoms with Gasteiger partial charge in [-0.2, -0.15) is 0 Å². The first-order chi connectivity index (χ1) is 7.27. The monoisotopic (exact) mass is 201 g/mol. The van der Waals surface area contributed by atoms with E-state index in [9.17, 15) is 10.1 Å². The van der Waals surface area contributed by atoms with Crippen molar-refractivity contribution in [1.82, 2.24) is 9.97 Å². The molecule has 0 unspecified atom stereocenters. The van der Waals surface area contributed by atoms with E-state index >= 15 is 0 Å². The predicted octanol–water partition coefficient (Wildman–Crippen LogP) is 2.05. The Morgan fingerprint density at radius 2 is 1.67 bits per heavy atom. The zero-order valence-electron chi connectivity index (χ0n) is 7.70. The molecule has 0 fully saturated rings. The first-order valence-corrected chi connectivity index (χ1v) is 4.29. The third-order valence-electron chi connectivity index (χ3n) is 1.88. The van der Waals surface area contributed by atoms with Crippen LogP contribution >= 0.6 is 0 Å². The lowest BCUT2D eigenvalue weighted by Gasteiger charge is -1.97. The normalized spacial score (nSPS) is 9.87. The van der Waals surface area contributed by atoms with Gasteiger partial charge in [0, 0.05) is 5.56 Å². The van der Waals surface area contributed by atoms with Crippen LogP contribution < -0.4 is 0 Å². The molecule has 1 heterocycles. The van der Waals surface area contributed by atoms with Crippen LogP contribution in [0.5, 0.6) is 0 Å². The van der Waals surface area contributed by atoms with Crippen LogP contribution in [0.3, 0.4) is 0 Å². The lowest BCUT2D eigenvalue weighted by molar-refractivity contribution is -0.385. The quantitative estimate of drug-likeness (QED) is 0.550. The second-order valence-corrected chi connectivity index (χ2v) is 2.89. The summed E-state index contributed by atoms with van der Waals surface area (Å²) >= 11 is 0. The van der Waals surface area contributed by atoms with Crippen molar-refractivity contribution < 1.29 is 4.92 Å². The highest BCUT2D eigenvalue weighted by atomic mass is 16.6. The third kappa shape index (κ3) is 1.96. The molecule has 0 radical (unpaired) electrons. The topological polar surface area (TPSA) is 68.9 Å². The van der Waals surface area contributed by atoms with Crippen molar-refractivity contribution in [2.24, 2.45) is 0 Å². The van der Waals surface area contributed by atoms with Crippen molar-refractivity contribution in [3.05, 3.63) is 52.8 Å². The molecule has 2 aromatic rings. The molecule has 0 atom stereocenters. The minimum Gasteiger partial charge on any atom is -0.258 e. The second-order valence-electron chi connectivity index (χ2n) is 2.89. The van der Waals surface area contributed by atoms with Gasteiger partial charge in [-0.15, -0.1) is 0 Å². The standard InChI is InChI=1S/C10H7N3O2/c14-13(15)9-6-11-10(12-7-9)8-4-2-1-3-5-8/h1-7H. The van der Waals surface area contributed by atoms with E-state index in [-0.39, 0.29) is 5.69 Å². The van der Waals surface area contributed by atoms with Crippen LogP contribution in [0.25, 0.3) is 11.4 Å². The number of rotatable bonds is 2. The fourth-order valence-corrected chi connectivity index (χ4v) is 1.15. The van der Waals surface area contributed by atoms with Gasteiger partial charge in [0.2, 0.25) is 0 Å². The van der Waals surface area contributed by atoms with Crippen LogP contribution in [0, 0.1) is 10.1 Å². The van der Waals surface area contributed by atoms with E-state index in [1.807, 2.05) is 30.3 Å². The van der Waals surface area contributed by atoms with E-state index in [1.165, 1.54) is 12.4 Å². The predicted molar refractivity (Wildman–Crippen MR) is 54.1 cm³/mol. The minimum atomic E-state index is -0.519. The van der Waals surface area contributed by atoms with Gasteiger partial charge >= 0.3 is 5.69 Å². The molecular weight excluding hydrogens is 194 g/mol. The van der Waals surface area contributed by atoms with Gasteiger partial charge in [-0.1, -0.05) is 30.3 Å². The molecule has 0 N–H and O–H groups in total. The Morgan fingerprint density at radius 1 is 1.07 bits per heavy atom. The minimum absolute atomic E-state index is 0.102. The molecule has 0 bridgehead atoms. The van der Waals surface area contributed by atoms with Gasteiger partial charge in [-0.05, 0) is 0 Å². The summed E-state index contributed by atoms with van der Waals surface area (Å²) < 4.78 is 0. The van der Waals surface area contributed by atoms with Gasteiger partial charge in [0.1, 0.15) is 12.4 Å². The largest absolute Gasteiger partial charge is 0.305 e. The first-order valence-electron chi connectivity index (χ1n) is 4.29. The molecule has 5 heteroatoms. The highest BCUT2D eigenvalue weighted by Gasteiger charge is 2.07. The zero-order valence-corrected chi connectivity index (χ0v) is 7.70. The van der Waals surface area contributed by atoms with Crippen LogP contribution in [0.15, 0.2) is 42.7 Å². The average Bonchev–Trinajstić information content (AvgIpc) is 2.30. The average molecular weight is 201 g/mol. The lowest BCUT2D eigenvalue weighted by Crippen LogP contribution is -1.93. The van der Waals surface area contributed by atoms with Gasteiger partial charge in [0.15, 0.2) is 5.82 Å². The summed E-state index contributed by atoms with van der Waals surface area (Å²) in [6.07, 6.45) is 2.41. The first kappa shape index (κ1) is 9.26. The summed E-state index contributed by atoms with van der Waals surface area (Å²) in [4.78, 5) is 17.7. The van der Waals surface area contributed by atoms with E-state index in [1.54, 1.807) is 0 Å². The summed E-state index contributed by atoms with van der Waals surface area (Å²) in [7, 11) is 0. The van der Waals surface area contributed by atoms with E-state index in [0.29, 0.717) is 5.82 Å². The van der Waals surface area contributed by atoms with Crippen LogP contribution in [-0.2, 0) is 0 Å². The molecule has 0 aliphatic rings. The summed E-state index contributed by atoms with van der Waals surface area (Å²) in [6, 6.07) is 9.30. The van der Waals surface area contributed by atoms with Crippen molar-refractivity contribution in [1.29, 1.82) is 0 Å². The maximum Gasteiger partial charge on any atom is 0.305 e. The van der Waals surface area contributed by atoms with E-state index in [0.717, 1.165) is 5.56 Å². The van der Waals surface area contributed by atoms with Crippen molar-refractivity contribution in [2.45, 2.75) is 0 Å². The van der Waals surface area contributed by atoms with Crippen LogP contribution in [-0.4, -0.2) is 14.9 Å². The summed E-state index contributed by atoms with van der Waals surface area (Å²) in [5.41, 5.74) is 0.738. The Hall–Kier alpha value is -2.30. The van der Waals surface area contributed by atoms with Crippen molar-refractivity contribution in [2.75, 3.05) is 0 Å². The molecule has 0 aliphatic heterocycles. The molecule has 74 valence electrons. The fourth-order valence-electron chi connectivity index (χ4n) is 1.15. The molecule has 1 aromatic heterocycles. The van der Waals surface area contributed by atoms with Gasteiger partial charge in [0.05, 0.1) is 4.92 Å². The van der Waals surface area contributed by atoms with Crippen LogP contribution in [0.4, 0.5) is 5.69 Å². The molecule has 0 saturated heterocycles. The molecule has 0 aliphatic carbocycles. The SMILES string of the molecule is O=[N+]([O-])c1cnc(-c2ccccc2)nc1. The number of benzene rings is 1. The number of hydrogen-bond donors (Lipinski definition) is 0. The molecule has 5 nitrogen and oxygen atoms in total. The Balaban J connectivity index is 2.36. The van der Waals surface area contributed by atoms with E-state index in [4.69, 9.17) is 0 Å².